The Morgan fingerprint density at radius 2 is 2.08 bits per heavy atom. The van der Waals surface area contributed by atoms with Gasteiger partial charge >= 0.3 is 0 Å². The average Bonchev–Trinajstić information content (AvgIpc) is 2.03. The van der Waals surface area contributed by atoms with Crippen molar-refractivity contribution in [2.45, 2.75) is 20.0 Å². The second-order valence-corrected chi connectivity index (χ2v) is 2.44. The maximum absolute atomic E-state index is 8.88. The maximum Gasteiger partial charge on any atom is 0.134 e. The summed E-state index contributed by atoms with van der Waals surface area (Å²) in [4.78, 5) is 8.01. The molecule has 0 spiro atoms. The van der Waals surface area contributed by atoms with Gasteiger partial charge in [-0.15, -0.1) is 0 Å². The Labute approximate surface area is 71.5 Å². The molecule has 62 valence electrons. The zero-order valence-corrected chi connectivity index (χ0v) is 7.07. The Bertz CT molecular complexity index is 323. The van der Waals surface area contributed by atoms with Crippen LogP contribution in [0.25, 0.3) is 0 Å². The third kappa shape index (κ3) is 2.33. The van der Waals surface area contributed by atoms with Gasteiger partial charge in [-0.2, -0.15) is 0 Å². The van der Waals surface area contributed by atoms with E-state index in [4.69, 9.17) is 5.11 Å². The standard InChI is InChI=1S/C9H10N2O/c1-7(12)3-4-9-8(2)10-5-6-11-9/h5-7,12H,1-2H3/t7-/m1/s1. The molecule has 0 aromatic carbocycles. The topological polar surface area (TPSA) is 46.0 Å². The van der Waals surface area contributed by atoms with Crippen LogP contribution in [0.2, 0.25) is 0 Å². The molecule has 1 N–H and O–H groups in total. The van der Waals surface area contributed by atoms with Gasteiger partial charge in [0, 0.05) is 12.4 Å². The quantitative estimate of drug-likeness (QED) is 0.565. The predicted octanol–water partition coefficient (Wildman–Crippen LogP) is 0.517. The van der Waals surface area contributed by atoms with E-state index in [1.54, 1.807) is 19.3 Å². The van der Waals surface area contributed by atoms with Crippen LogP contribution in [-0.2, 0) is 0 Å². The van der Waals surface area contributed by atoms with Crippen molar-refractivity contribution in [2.24, 2.45) is 0 Å². The molecule has 1 rings (SSSR count). The Morgan fingerprint density at radius 1 is 1.42 bits per heavy atom. The number of aromatic nitrogens is 2. The molecule has 0 radical (unpaired) electrons. The highest BCUT2D eigenvalue weighted by molar-refractivity contribution is 5.30. The van der Waals surface area contributed by atoms with Crippen LogP contribution in [0.15, 0.2) is 12.4 Å². The summed E-state index contributed by atoms with van der Waals surface area (Å²) in [5.74, 6) is 5.34. The zero-order valence-electron chi connectivity index (χ0n) is 7.07. The van der Waals surface area contributed by atoms with Crippen molar-refractivity contribution in [1.82, 2.24) is 9.97 Å². The summed E-state index contributed by atoms with van der Waals surface area (Å²) in [7, 11) is 0. The fraction of sp³-hybridized carbons (Fsp3) is 0.333. The molecule has 0 unspecified atom stereocenters. The normalized spacial score (nSPS) is 11.6. The SMILES string of the molecule is Cc1nccnc1C#C[C@@H](C)O. The highest BCUT2D eigenvalue weighted by atomic mass is 16.3. The molecule has 12 heavy (non-hydrogen) atoms. The van der Waals surface area contributed by atoms with E-state index in [9.17, 15) is 0 Å². The van der Waals surface area contributed by atoms with E-state index in [0.29, 0.717) is 5.69 Å². The molecule has 0 aliphatic heterocycles. The van der Waals surface area contributed by atoms with E-state index in [0.717, 1.165) is 5.69 Å². The van der Waals surface area contributed by atoms with Gasteiger partial charge in [-0.05, 0) is 19.8 Å². The van der Waals surface area contributed by atoms with Crippen LogP contribution in [0.3, 0.4) is 0 Å². The predicted molar refractivity (Wildman–Crippen MR) is 45.3 cm³/mol. The lowest BCUT2D eigenvalue weighted by Crippen LogP contribution is -1.95. The number of aliphatic hydroxyl groups is 1. The highest BCUT2D eigenvalue weighted by Crippen LogP contribution is 1.95. The largest absolute Gasteiger partial charge is 0.381 e. The van der Waals surface area contributed by atoms with E-state index >= 15 is 0 Å². The molecule has 3 nitrogen and oxygen atoms in total. The molecule has 0 amide bonds. The summed E-state index contributed by atoms with van der Waals surface area (Å²) in [5, 5.41) is 8.88. The number of nitrogens with zero attached hydrogens (tertiary/aromatic N) is 2. The van der Waals surface area contributed by atoms with Crippen LogP contribution in [-0.4, -0.2) is 21.2 Å². The third-order valence-corrected chi connectivity index (χ3v) is 1.28. The molecule has 0 aliphatic carbocycles. The Balaban J connectivity index is 2.92. The van der Waals surface area contributed by atoms with Gasteiger partial charge in [0.15, 0.2) is 0 Å². The van der Waals surface area contributed by atoms with Gasteiger partial charge in [-0.25, -0.2) is 4.98 Å². The lowest BCUT2D eigenvalue weighted by molar-refractivity contribution is 0.253. The van der Waals surface area contributed by atoms with Gasteiger partial charge in [-0.3, -0.25) is 4.98 Å². The van der Waals surface area contributed by atoms with Crippen molar-refractivity contribution in [3.8, 4) is 11.8 Å². The van der Waals surface area contributed by atoms with E-state index in [1.165, 1.54) is 0 Å². The highest BCUT2D eigenvalue weighted by Gasteiger charge is 1.93. The van der Waals surface area contributed by atoms with Gasteiger partial charge in [-0.1, -0.05) is 5.92 Å². The summed E-state index contributed by atoms with van der Waals surface area (Å²) < 4.78 is 0. The number of aliphatic hydroxyl groups excluding tert-OH is 1. The third-order valence-electron chi connectivity index (χ3n) is 1.28. The minimum atomic E-state index is -0.619. The molecular weight excluding hydrogens is 152 g/mol. The summed E-state index contributed by atoms with van der Waals surface area (Å²) in [5.41, 5.74) is 1.41. The first-order chi connectivity index (χ1) is 5.70. The molecule has 0 saturated heterocycles. The van der Waals surface area contributed by atoms with Crippen molar-refractivity contribution >= 4 is 0 Å². The Morgan fingerprint density at radius 3 is 2.67 bits per heavy atom. The summed E-state index contributed by atoms with van der Waals surface area (Å²) in [6, 6.07) is 0. The molecule has 3 heteroatoms. The average molecular weight is 162 g/mol. The van der Waals surface area contributed by atoms with Crippen molar-refractivity contribution in [3.05, 3.63) is 23.8 Å². The van der Waals surface area contributed by atoms with Crippen LogP contribution in [0.4, 0.5) is 0 Å². The summed E-state index contributed by atoms with van der Waals surface area (Å²) in [6.45, 7) is 3.44. The van der Waals surface area contributed by atoms with Crippen molar-refractivity contribution < 1.29 is 5.11 Å². The fourth-order valence-corrected chi connectivity index (χ4v) is 0.703. The van der Waals surface area contributed by atoms with E-state index in [2.05, 4.69) is 21.8 Å². The fourth-order valence-electron chi connectivity index (χ4n) is 0.703. The lowest BCUT2D eigenvalue weighted by atomic mass is 10.3. The first-order valence-corrected chi connectivity index (χ1v) is 3.67. The lowest BCUT2D eigenvalue weighted by Gasteiger charge is -1.93. The molecule has 1 heterocycles. The van der Waals surface area contributed by atoms with Crippen LogP contribution >= 0.6 is 0 Å². The van der Waals surface area contributed by atoms with E-state index < -0.39 is 6.10 Å². The van der Waals surface area contributed by atoms with Crippen LogP contribution in [0, 0.1) is 18.8 Å². The van der Waals surface area contributed by atoms with Gasteiger partial charge in [0.05, 0.1) is 5.69 Å². The van der Waals surface area contributed by atoms with Crippen molar-refractivity contribution in [2.75, 3.05) is 0 Å². The number of hydrogen-bond acceptors (Lipinski definition) is 3. The number of aryl methyl sites for hydroxylation is 1. The first-order valence-electron chi connectivity index (χ1n) is 3.67. The Hall–Kier alpha value is -1.40. The van der Waals surface area contributed by atoms with Crippen LogP contribution in [0.5, 0.6) is 0 Å². The second kappa shape index (κ2) is 3.84. The van der Waals surface area contributed by atoms with Crippen molar-refractivity contribution in [3.63, 3.8) is 0 Å². The second-order valence-electron chi connectivity index (χ2n) is 2.44. The number of hydrogen-bond donors (Lipinski definition) is 1. The molecular formula is C9H10N2O. The first kappa shape index (κ1) is 8.69. The molecule has 0 saturated carbocycles. The number of rotatable bonds is 0. The van der Waals surface area contributed by atoms with Crippen LogP contribution < -0.4 is 0 Å². The van der Waals surface area contributed by atoms with Gasteiger partial charge in [0.25, 0.3) is 0 Å². The van der Waals surface area contributed by atoms with Crippen molar-refractivity contribution in [1.29, 1.82) is 0 Å². The van der Waals surface area contributed by atoms with Gasteiger partial charge in [0.1, 0.15) is 11.8 Å². The van der Waals surface area contributed by atoms with Gasteiger partial charge in [0.2, 0.25) is 0 Å². The minimum absolute atomic E-state index is 0.619. The molecule has 1 aromatic rings. The molecule has 1 aromatic heterocycles. The monoisotopic (exact) mass is 162 g/mol. The molecule has 1 atom stereocenters. The zero-order chi connectivity index (χ0) is 8.97. The van der Waals surface area contributed by atoms with E-state index in [1.807, 2.05) is 6.92 Å². The smallest absolute Gasteiger partial charge is 0.134 e. The minimum Gasteiger partial charge on any atom is -0.381 e. The van der Waals surface area contributed by atoms with E-state index in [-0.39, 0.29) is 0 Å². The molecule has 0 bridgehead atoms. The Kier molecular flexibility index (Phi) is 2.78. The maximum atomic E-state index is 8.88. The van der Waals surface area contributed by atoms with Gasteiger partial charge < -0.3 is 5.11 Å². The molecule has 0 aliphatic rings. The summed E-state index contributed by atoms with van der Waals surface area (Å²) >= 11 is 0. The van der Waals surface area contributed by atoms with Crippen LogP contribution in [0.1, 0.15) is 18.3 Å². The summed E-state index contributed by atoms with van der Waals surface area (Å²) in [6.07, 6.45) is 2.58. The molecule has 0 fully saturated rings.